The van der Waals surface area contributed by atoms with Gasteiger partial charge in [0.1, 0.15) is 0 Å². The number of nitrogens with one attached hydrogen (secondary N) is 1. The lowest BCUT2D eigenvalue weighted by atomic mass is 10.1. The number of hydrogen-bond donors (Lipinski definition) is 1. The highest BCUT2D eigenvalue weighted by molar-refractivity contribution is 5.85. The standard InChI is InChI=1S/C12H16F2N2.ClH/c1-2-9-8-15-5-6-16(9)10-3-4-11(13)12(14)7-10;/h3-4,7,9,15H,2,5-6,8H2,1H3;1H/t9-;/m1./s1. The molecule has 1 heterocycles. The van der Waals surface area contributed by atoms with Crippen molar-refractivity contribution in [1.82, 2.24) is 5.32 Å². The zero-order valence-corrected chi connectivity index (χ0v) is 10.6. The predicted octanol–water partition coefficient (Wildman–Crippen LogP) is 2.57. The van der Waals surface area contributed by atoms with Crippen molar-refractivity contribution in [3.63, 3.8) is 0 Å². The first-order valence-electron chi connectivity index (χ1n) is 5.64. The molecule has 17 heavy (non-hydrogen) atoms. The average Bonchev–Trinajstić information content (AvgIpc) is 2.32. The van der Waals surface area contributed by atoms with Crippen LogP contribution in [-0.2, 0) is 0 Å². The third kappa shape index (κ3) is 3.07. The molecule has 0 unspecified atom stereocenters. The maximum Gasteiger partial charge on any atom is 0.160 e. The maximum absolute atomic E-state index is 13.1. The first kappa shape index (κ1) is 14.2. The number of benzene rings is 1. The molecule has 0 aromatic heterocycles. The van der Waals surface area contributed by atoms with E-state index in [0.29, 0.717) is 6.04 Å². The molecule has 1 atom stereocenters. The van der Waals surface area contributed by atoms with Crippen molar-refractivity contribution in [2.75, 3.05) is 24.5 Å². The van der Waals surface area contributed by atoms with Crippen molar-refractivity contribution in [3.8, 4) is 0 Å². The Hall–Kier alpha value is -0.870. The van der Waals surface area contributed by atoms with Gasteiger partial charge in [-0.2, -0.15) is 0 Å². The van der Waals surface area contributed by atoms with Crippen molar-refractivity contribution >= 4 is 18.1 Å². The van der Waals surface area contributed by atoms with Gasteiger partial charge in [0.05, 0.1) is 0 Å². The van der Waals surface area contributed by atoms with Gasteiger partial charge >= 0.3 is 0 Å². The minimum atomic E-state index is -0.785. The van der Waals surface area contributed by atoms with Crippen LogP contribution >= 0.6 is 12.4 Å². The summed E-state index contributed by atoms with van der Waals surface area (Å²) in [7, 11) is 0. The second-order valence-corrected chi connectivity index (χ2v) is 4.06. The molecule has 1 saturated heterocycles. The maximum atomic E-state index is 13.1. The van der Waals surface area contributed by atoms with Crippen molar-refractivity contribution in [1.29, 1.82) is 0 Å². The van der Waals surface area contributed by atoms with E-state index in [1.165, 1.54) is 12.1 Å². The van der Waals surface area contributed by atoms with E-state index in [-0.39, 0.29) is 12.4 Å². The fourth-order valence-corrected chi connectivity index (χ4v) is 2.13. The highest BCUT2D eigenvalue weighted by Crippen LogP contribution is 2.22. The molecule has 2 nitrogen and oxygen atoms in total. The van der Waals surface area contributed by atoms with Gasteiger partial charge in [-0.05, 0) is 18.6 Å². The Labute approximate surface area is 106 Å². The Balaban J connectivity index is 0.00000144. The van der Waals surface area contributed by atoms with E-state index in [0.717, 1.165) is 31.7 Å². The van der Waals surface area contributed by atoms with E-state index in [9.17, 15) is 8.78 Å². The van der Waals surface area contributed by atoms with Crippen LogP contribution in [0.25, 0.3) is 0 Å². The molecule has 0 bridgehead atoms. The van der Waals surface area contributed by atoms with Gasteiger partial charge in [-0.3, -0.25) is 0 Å². The SMILES string of the molecule is CC[C@@H]1CNCCN1c1ccc(F)c(F)c1.Cl. The fraction of sp³-hybridized carbons (Fsp3) is 0.500. The van der Waals surface area contributed by atoms with Gasteiger partial charge in [0, 0.05) is 37.4 Å². The van der Waals surface area contributed by atoms with Crippen LogP contribution in [0.2, 0.25) is 0 Å². The van der Waals surface area contributed by atoms with E-state index in [1.807, 2.05) is 0 Å². The molecule has 96 valence electrons. The highest BCUT2D eigenvalue weighted by Gasteiger charge is 2.21. The highest BCUT2D eigenvalue weighted by atomic mass is 35.5. The van der Waals surface area contributed by atoms with Crippen molar-refractivity contribution < 1.29 is 8.78 Å². The summed E-state index contributed by atoms with van der Waals surface area (Å²) in [4.78, 5) is 2.14. The molecular formula is C12H17ClF2N2. The number of piperazine rings is 1. The number of nitrogens with zero attached hydrogens (tertiary/aromatic N) is 1. The van der Waals surface area contributed by atoms with Crippen LogP contribution in [0.4, 0.5) is 14.5 Å². The first-order valence-corrected chi connectivity index (χ1v) is 5.64. The van der Waals surface area contributed by atoms with Gasteiger partial charge in [-0.25, -0.2) is 8.78 Å². The lowest BCUT2D eigenvalue weighted by Gasteiger charge is -2.37. The number of hydrogen-bond acceptors (Lipinski definition) is 2. The molecule has 1 aliphatic rings. The minimum absolute atomic E-state index is 0. The van der Waals surface area contributed by atoms with Crippen LogP contribution in [0.1, 0.15) is 13.3 Å². The average molecular weight is 263 g/mol. The van der Waals surface area contributed by atoms with Crippen LogP contribution in [0, 0.1) is 11.6 Å². The van der Waals surface area contributed by atoms with E-state index < -0.39 is 11.6 Å². The second-order valence-electron chi connectivity index (χ2n) is 4.06. The van der Waals surface area contributed by atoms with Crippen LogP contribution < -0.4 is 10.2 Å². The van der Waals surface area contributed by atoms with Gasteiger partial charge in [0.2, 0.25) is 0 Å². The molecule has 1 N–H and O–H groups in total. The summed E-state index contributed by atoms with van der Waals surface area (Å²) in [5.41, 5.74) is 0.771. The summed E-state index contributed by atoms with van der Waals surface area (Å²) in [6.07, 6.45) is 0.992. The lowest BCUT2D eigenvalue weighted by molar-refractivity contribution is 0.463. The molecule has 0 saturated carbocycles. The summed E-state index contributed by atoms with van der Waals surface area (Å²) in [5.74, 6) is -1.56. The van der Waals surface area contributed by atoms with Crippen LogP contribution in [0.5, 0.6) is 0 Å². The molecule has 0 amide bonds. The summed E-state index contributed by atoms with van der Waals surface area (Å²) < 4.78 is 26.0. The quantitative estimate of drug-likeness (QED) is 0.881. The molecule has 2 rings (SSSR count). The topological polar surface area (TPSA) is 15.3 Å². The molecule has 1 aromatic carbocycles. The Morgan fingerprint density at radius 3 is 2.76 bits per heavy atom. The molecule has 1 aliphatic heterocycles. The third-order valence-corrected chi connectivity index (χ3v) is 3.06. The van der Waals surface area contributed by atoms with Crippen molar-refractivity contribution in [2.24, 2.45) is 0 Å². The Bertz CT molecular complexity index is 374. The lowest BCUT2D eigenvalue weighted by Crippen LogP contribution is -2.51. The van der Waals surface area contributed by atoms with E-state index in [2.05, 4.69) is 17.1 Å². The van der Waals surface area contributed by atoms with Gasteiger partial charge in [-0.1, -0.05) is 6.92 Å². The van der Waals surface area contributed by atoms with Crippen LogP contribution in [-0.4, -0.2) is 25.7 Å². The van der Waals surface area contributed by atoms with E-state index >= 15 is 0 Å². The van der Waals surface area contributed by atoms with Gasteiger partial charge in [0.25, 0.3) is 0 Å². The van der Waals surface area contributed by atoms with Crippen LogP contribution in [0.3, 0.4) is 0 Å². The largest absolute Gasteiger partial charge is 0.366 e. The summed E-state index contributed by atoms with van der Waals surface area (Å²) >= 11 is 0. The Morgan fingerprint density at radius 1 is 1.35 bits per heavy atom. The molecule has 0 aliphatic carbocycles. The second kappa shape index (κ2) is 6.17. The molecular weight excluding hydrogens is 246 g/mol. The predicted molar refractivity (Wildman–Crippen MR) is 67.9 cm³/mol. The molecule has 5 heteroatoms. The normalized spacial score (nSPS) is 19.9. The van der Waals surface area contributed by atoms with Crippen molar-refractivity contribution in [3.05, 3.63) is 29.8 Å². The summed E-state index contributed by atoms with van der Waals surface area (Å²) in [6, 6.07) is 4.48. The number of rotatable bonds is 2. The number of anilines is 1. The summed E-state index contributed by atoms with van der Waals surface area (Å²) in [6.45, 7) is 4.72. The van der Waals surface area contributed by atoms with E-state index in [1.54, 1.807) is 6.07 Å². The van der Waals surface area contributed by atoms with Crippen LogP contribution in [0.15, 0.2) is 18.2 Å². The zero-order valence-electron chi connectivity index (χ0n) is 9.75. The van der Waals surface area contributed by atoms with Gasteiger partial charge in [-0.15, -0.1) is 12.4 Å². The zero-order chi connectivity index (χ0) is 11.5. The number of halogens is 3. The minimum Gasteiger partial charge on any atom is -0.366 e. The van der Waals surface area contributed by atoms with Crippen molar-refractivity contribution in [2.45, 2.75) is 19.4 Å². The molecule has 1 fully saturated rings. The fourth-order valence-electron chi connectivity index (χ4n) is 2.13. The van der Waals surface area contributed by atoms with Gasteiger partial charge in [0.15, 0.2) is 11.6 Å². The monoisotopic (exact) mass is 262 g/mol. The summed E-state index contributed by atoms with van der Waals surface area (Å²) in [5, 5.41) is 3.30. The van der Waals surface area contributed by atoms with E-state index in [4.69, 9.17) is 0 Å². The Kier molecular flexibility index (Phi) is 5.15. The molecule has 1 aromatic rings. The van der Waals surface area contributed by atoms with Gasteiger partial charge < -0.3 is 10.2 Å². The first-order chi connectivity index (χ1) is 7.72. The molecule has 0 radical (unpaired) electrons. The molecule has 0 spiro atoms. The smallest absolute Gasteiger partial charge is 0.160 e. The third-order valence-electron chi connectivity index (χ3n) is 3.06. The Morgan fingerprint density at radius 2 is 2.12 bits per heavy atom.